The Labute approximate surface area is 165 Å². The second kappa shape index (κ2) is 6.93. The molecular formula is C24H24O4. The Morgan fingerprint density at radius 3 is 1.18 bits per heavy atom. The first-order valence-corrected chi connectivity index (χ1v) is 9.73. The SMILES string of the molecule is CC(C)OC(=O)C1=C(C(=O)OC(C)C)C2c3ccccc3C1c1ccccc12. The lowest BCUT2D eigenvalue weighted by Crippen LogP contribution is -2.36. The quantitative estimate of drug-likeness (QED) is 0.739. The van der Waals surface area contributed by atoms with Crippen LogP contribution in [-0.2, 0) is 19.1 Å². The van der Waals surface area contributed by atoms with Crippen LogP contribution in [-0.4, -0.2) is 24.1 Å². The van der Waals surface area contributed by atoms with Crippen LogP contribution in [0.2, 0.25) is 0 Å². The molecule has 0 N–H and O–H groups in total. The summed E-state index contributed by atoms with van der Waals surface area (Å²) in [6, 6.07) is 16.0. The molecule has 2 bridgehead atoms. The zero-order valence-electron chi connectivity index (χ0n) is 16.6. The summed E-state index contributed by atoms with van der Waals surface area (Å²) in [5.41, 5.74) is 5.07. The minimum atomic E-state index is -0.440. The topological polar surface area (TPSA) is 52.6 Å². The molecular weight excluding hydrogens is 352 g/mol. The molecule has 0 atom stereocenters. The van der Waals surface area contributed by atoms with Crippen molar-refractivity contribution in [3.05, 3.63) is 81.9 Å². The molecule has 4 heteroatoms. The van der Waals surface area contributed by atoms with Crippen LogP contribution in [0.15, 0.2) is 59.7 Å². The van der Waals surface area contributed by atoms with Gasteiger partial charge in [0.25, 0.3) is 0 Å². The smallest absolute Gasteiger partial charge is 0.335 e. The van der Waals surface area contributed by atoms with Crippen molar-refractivity contribution in [3.8, 4) is 0 Å². The largest absolute Gasteiger partial charge is 0.460 e. The molecule has 0 radical (unpaired) electrons. The molecule has 5 rings (SSSR count). The third-order valence-corrected chi connectivity index (χ3v) is 5.23. The highest BCUT2D eigenvalue weighted by atomic mass is 16.5. The summed E-state index contributed by atoms with van der Waals surface area (Å²) in [5.74, 6) is -1.52. The Morgan fingerprint density at radius 2 is 0.929 bits per heavy atom. The molecule has 2 aromatic carbocycles. The lowest BCUT2D eigenvalue weighted by Gasteiger charge is -2.42. The highest BCUT2D eigenvalue weighted by Crippen LogP contribution is 2.55. The molecule has 0 unspecified atom stereocenters. The van der Waals surface area contributed by atoms with Gasteiger partial charge in [0.1, 0.15) is 0 Å². The molecule has 0 saturated heterocycles. The summed E-state index contributed by atoms with van der Waals surface area (Å²) < 4.78 is 11.1. The van der Waals surface area contributed by atoms with Gasteiger partial charge in [-0.1, -0.05) is 48.5 Å². The maximum Gasteiger partial charge on any atom is 0.335 e. The van der Waals surface area contributed by atoms with Gasteiger partial charge in [0, 0.05) is 11.8 Å². The molecule has 4 nitrogen and oxygen atoms in total. The van der Waals surface area contributed by atoms with Crippen molar-refractivity contribution in [2.24, 2.45) is 0 Å². The fourth-order valence-electron chi connectivity index (χ4n) is 4.35. The maximum absolute atomic E-state index is 13.1. The Kier molecular flexibility index (Phi) is 4.58. The standard InChI is InChI=1S/C24H24O4/c1-13(2)27-23(25)21-19-15-9-5-7-11-17(15)20(18-12-8-6-10-16(18)19)22(21)24(26)28-14(3)4/h5-14,19-20H,1-4H3. The summed E-state index contributed by atoms with van der Waals surface area (Å²) in [6.07, 6.45) is -0.540. The predicted molar refractivity (Wildman–Crippen MR) is 106 cm³/mol. The van der Waals surface area contributed by atoms with Gasteiger partial charge in [-0.15, -0.1) is 0 Å². The van der Waals surface area contributed by atoms with Gasteiger partial charge in [0.2, 0.25) is 0 Å². The fourth-order valence-corrected chi connectivity index (χ4v) is 4.35. The molecule has 0 aromatic heterocycles. The highest BCUT2D eigenvalue weighted by Gasteiger charge is 2.48. The van der Waals surface area contributed by atoms with Gasteiger partial charge >= 0.3 is 11.9 Å². The van der Waals surface area contributed by atoms with Crippen LogP contribution in [0, 0.1) is 0 Å². The van der Waals surface area contributed by atoms with E-state index in [0.29, 0.717) is 11.1 Å². The Bertz CT molecular complexity index is 858. The van der Waals surface area contributed by atoms with E-state index in [1.807, 2.05) is 76.2 Å². The number of esters is 2. The minimum Gasteiger partial charge on any atom is -0.460 e. The minimum absolute atomic E-state index is 0.270. The van der Waals surface area contributed by atoms with Crippen molar-refractivity contribution >= 4 is 11.9 Å². The molecule has 0 aliphatic heterocycles. The van der Waals surface area contributed by atoms with E-state index in [4.69, 9.17) is 9.47 Å². The fraction of sp³-hybridized carbons (Fsp3) is 0.333. The molecule has 0 fully saturated rings. The number of carbonyl (C=O) groups excluding carboxylic acids is 2. The predicted octanol–water partition coefficient (Wildman–Crippen LogP) is 4.48. The van der Waals surface area contributed by atoms with Gasteiger partial charge in [0.15, 0.2) is 0 Å². The van der Waals surface area contributed by atoms with E-state index in [1.165, 1.54) is 0 Å². The van der Waals surface area contributed by atoms with E-state index < -0.39 is 11.9 Å². The van der Waals surface area contributed by atoms with E-state index in [-0.39, 0.29) is 24.0 Å². The third kappa shape index (κ3) is 2.84. The zero-order chi connectivity index (χ0) is 20.0. The highest BCUT2D eigenvalue weighted by molar-refractivity contribution is 6.06. The summed E-state index contributed by atoms with van der Waals surface area (Å²) in [6.45, 7) is 7.25. The third-order valence-electron chi connectivity index (χ3n) is 5.23. The molecule has 3 aliphatic rings. The van der Waals surface area contributed by atoms with Crippen LogP contribution >= 0.6 is 0 Å². The molecule has 3 aliphatic carbocycles. The number of rotatable bonds is 4. The van der Waals surface area contributed by atoms with Crippen molar-refractivity contribution in [2.75, 3.05) is 0 Å². The Hall–Kier alpha value is -2.88. The summed E-state index contributed by atoms with van der Waals surface area (Å²) >= 11 is 0. The first-order chi connectivity index (χ1) is 13.4. The molecule has 144 valence electrons. The van der Waals surface area contributed by atoms with Gasteiger partial charge in [-0.25, -0.2) is 9.59 Å². The lowest BCUT2D eigenvalue weighted by molar-refractivity contribution is -0.146. The van der Waals surface area contributed by atoms with E-state index in [2.05, 4.69) is 0 Å². The lowest BCUT2D eigenvalue weighted by atomic mass is 9.61. The molecule has 2 aromatic rings. The van der Waals surface area contributed by atoms with E-state index in [1.54, 1.807) is 0 Å². The molecule has 28 heavy (non-hydrogen) atoms. The zero-order valence-corrected chi connectivity index (χ0v) is 16.6. The van der Waals surface area contributed by atoms with Crippen molar-refractivity contribution in [1.29, 1.82) is 0 Å². The van der Waals surface area contributed by atoms with Gasteiger partial charge in [-0.3, -0.25) is 0 Å². The molecule has 0 heterocycles. The van der Waals surface area contributed by atoms with Crippen molar-refractivity contribution in [1.82, 2.24) is 0 Å². The number of benzene rings is 2. The van der Waals surface area contributed by atoms with Gasteiger partial charge in [-0.05, 0) is 49.9 Å². The number of hydrogen-bond acceptors (Lipinski definition) is 4. The second-order valence-corrected chi connectivity index (χ2v) is 7.86. The molecule has 0 saturated carbocycles. The summed E-state index contributed by atoms with van der Waals surface area (Å²) in [7, 11) is 0. The molecule has 0 spiro atoms. The summed E-state index contributed by atoms with van der Waals surface area (Å²) in [5, 5.41) is 0. The maximum atomic E-state index is 13.1. The van der Waals surface area contributed by atoms with Gasteiger partial charge < -0.3 is 9.47 Å². The Morgan fingerprint density at radius 1 is 0.643 bits per heavy atom. The normalized spacial score (nSPS) is 19.5. The Balaban J connectivity index is 1.98. The average molecular weight is 376 g/mol. The number of carbonyl (C=O) groups is 2. The summed E-state index contributed by atoms with van der Waals surface area (Å²) in [4.78, 5) is 26.3. The monoisotopic (exact) mass is 376 g/mol. The van der Waals surface area contributed by atoms with E-state index in [9.17, 15) is 9.59 Å². The van der Waals surface area contributed by atoms with Crippen LogP contribution in [0.4, 0.5) is 0 Å². The molecule has 0 amide bonds. The van der Waals surface area contributed by atoms with Gasteiger partial charge in [0.05, 0.1) is 23.4 Å². The number of hydrogen-bond donors (Lipinski definition) is 0. The average Bonchev–Trinajstić information content (AvgIpc) is 2.66. The van der Waals surface area contributed by atoms with Crippen LogP contribution in [0.3, 0.4) is 0 Å². The van der Waals surface area contributed by atoms with Crippen LogP contribution in [0.1, 0.15) is 61.8 Å². The van der Waals surface area contributed by atoms with Crippen molar-refractivity contribution < 1.29 is 19.1 Å². The van der Waals surface area contributed by atoms with Crippen LogP contribution < -0.4 is 0 Å². The van der Waals surface area contributed by atoms with Crippen LogP contribution in [0.5, 0.6) is 0 Å². The first kappa shape index (κ1) is 18.5. The van der Waals surface area contributed by atoms with Crippen molar-refractivity contribution in [2.45, 2.75) is 51.7 Å². The van der Waals surface area contributed by atoms with Crippen molar-refractivity contribution in [3.63, 3.8) is 0 Å². The second-order valence-electron chi connectivity index (χ2n) is 7.86. The van der Waals surface area contributed by atoms with E-state index >= 15 is 0 Å². The first-order valence-electron chi connectivity index (χ1n) is 9.73. The number of ether oxygens (including phenoxy) is 2. The van der Waals surface area contributed by atoms with Crippen LogP contribution in [0.25, 0.3) is 0 Å². The van der Waals surface area contributed by atoms with Gasteiger partial charge in [-0.2, -0.15) is 0 Å². The van der Waals surface area contributed by atoms with E-state index in [0.717, 1.165) is 22.3 Å².